The third-order valence-electron chi connectivity index (χ3n) is 5.07. The third kappa shape index (κ3) is 7.22. The smallest absolute Gasteiger partial charge is 0.323 e. The average Bonchev–Trinajstić information content (AvgIpc) is 2.90. The van der Waals surface area contributed by atoms with Crippen LogP contribution in [0.15, 0.2) is 83.9 Å². The first-order valence-corrected chi connectivity index (χ1v) is 13.3. The van der Waals surface area contributed by atoms with E-state index in [1.807, 2.05) is 30.3 Å². The van der Waals surface area contributed by atoms with Crippen LogP contribution in [0.3, 0.4) is 0 Å². The van der Waals surface area contributed by atoms with Gasteiger partial charge in [0.15, 0.2) is 0 Å². The number of aromatic nitrogens is 2. The van der Waals surface area contributed by atoms with Gasteiger partial charge in [-0.25, -0.2) is 27.9 Å². The first-order chi connectivity index (χ1) is 18.2. The van der Waals surface area contributed by atoms with Crippen LogP contribution in [0.1, 0.15) is 11.3 Å². The summed E-state index contributed by atoms with van der Waals surface area (Å²) in [5.74, 6) is 0.668. The molecule has 0 spiro atoms. The molecule has 38 heavy (non-hydrogen) atoms. The number of carbonyl (C=O) groups excluding carboxylic acids is 1. The van der Waals surface area contributed by atoms with Crippen molar-refractivity contribution in [2.24, 2.45) is 0 Å². The van der Waals surface area contributed by atoms with Crippen molar-refractivity contribution < 1.29 is 17.9 Å². The molecule has 1 heterocycles. The molecule has 0 fully saturated rings. The van der Waals surface area contributed by atoms with Crippen molar-refractivity contribution in [2.45, 2.75) is 4.90 Å². The summed E-state index contributed by atoms with van der Waals surface area (Å²) in [6, 6.07) is 18.8. The molecule has 4 aromatic rings. The van der Waals surface area contributed by atoms with Crippen LogP contribution in [0.25, 0.3) is 12.2 Å². The van der Waals surface area contributed by atoms with Crippen molar-refractivity contribution >= 4 is 68.7 Å². The molecule has 0 aliphatic carbocycles. The van der Waals surface area contributed by atoms with Gasteiger partial charge >= 0.3 is 6.03 Å². The summed E-state index contributed by atoms with van der Waals surface area (Å²) < 4.78 is 33.2. The van der Waals surface area contributed by atoms with Gasteiger partial charge in [0.05, 0.1) is 27.7 Å². The molecule has 0 aliphatic rings. The Morgan fingerprint density at radius 1 is 0.868 bits per heavy atom. The van der Waals surface area contributed by atoms with E-state index in [9.17, 15) is 13.2 Å². The molecule has 0 unspecified atom stereocenters. The van der Waals surface area contributed by atoms with Gasteiger partial charge < -0.3 is 15.4 Å². The van der Waals surface area contributed by atoms with Crippen molar-refractivity contribution in [2.75, 3.05) is 22.5 Å². The van der Waals surface area contributed by atoms with Gasteiger partial charge in [-0.1, -0.05) is 41.4 Å². The molecule has 0 bridgehead atoms. The Bertz CT molecular complexity index is 1580. The summed E-state index contributed by atoms with van der Waals surface area (Å²) in [7, 11) is -2.38. The predicted octanol–water partition coefficient (Wildman–Crippen LogP) is 6.41. The Morgan fingerprint density at radius 2 is 1.55 bits per heavy atom. The zero-order valence-electron chi connectivity index (χ0n) is 19.9. The highest BCUT2D eigenvalue weighted by molar-refractivity contribution is 7.92. The zero-order valence-corrected chi connectivity index (χ0v) is 22.2. The van der Waals surface area contributed by atoms with Gasteiger partial charge in [0.1, 0.15) is 5.75 Å². The molecule has 0 saturated carbocycles. The van der Waals surface area contributed by atoms with E-state index in [0.717, 1.165) is 11.3 Å². The average molecular weight is 570 g/mol. The lowest BCUT2D eigenvalue weighted by molar-refractivity contribution is 0.262. The number of hydrogen-bond donors (Lipinski definition) is 3. The molecule has 0 aliphatic heterocycles. The van der Waals surface area contributed by atoms with Crippen LogP contribution in [0.5, 0.6) is 5.75 Å². The lowest BCUT2D eigenvalue weighted by atomic mass is 10.2. The molecule has 0 radical (unpaired) electrons. The lowest BCUT2D eigenvalue weighted by Gasteiger charge is -2.10. The van der Waals surface area contributed by atoms with Crippen molar-refractivity contribution in [3.05, 3.63) is 100 Å². The minimum Gasteiger partial charge on any atom is -0.497 e. The minimum atomic E-state index is -3.98. The van der Waals surface area contributed by atoms with Crippen LogP contribution in [0.4, 0.5) is 22.1 Å². The molecule has 4 rings (SSSR count). The summed E-state index contributed by atoms with van der Waals surface area (Å²) in [6.07, 6.45) is 5.03. The molecule has 2 amide bonds. The van der Waals surface area contributed by atoms with E-state index in [0.29, 0.717) is 27.1 Å². The number of amides is 2. The van der Waals surface area contributed by atoms with Crippen molar-refractivity contribution in [3.8, 4) is 5.75 Å². The Hall–Kier alpha value is -4.12. The highest BCUT2D eigenvalue weighted by atomic mass is 35.5. The van der Waals surface area contributed by atoms with Gasteiger partial charge in [-0.15, -0.1) is 0 Å². The van der Waals surface area contributed by atoms with Crippen LogP contribution in [-0.4, -0.2) is 31.5 Å². The Balaban J connectivity index is 1.38. The van der Waals surface area contributed by atoms with Gasteiger partial charge in [-0.05, 0) is 72.3 Å². The fourth-order valence-corrected chi connectivity index (χ4v) is 4.42. The summed E-state index contributed by atoms with van der Waals surface area (Å²) >= 11 is 11.8. The molecular weight excluding hydrogens is 549 g/mol. The summed E-state index contributed by atoms with van der Waals surface area (Å²) in [5, 5.41) is 5.90. The first-order valence-electron chi connectivity index (χ1n) is 11.0. The Morgan fingerprint density at radius 3 is 2.24 bits per heavy atom. The summed E-state index contributed by atoms with van der Waals surface area (Å²) in [4.78, 5) is 20.5. The first kappa shape index (κ1) is 26.9. The fourth-order valence-electron chi connectivity index (χ4n) is 3.18. The molecule has 3 aromatic carbocycles. The molecule has 12 heteroatoms. The number of urea groups is 1. The van der Waals surface area contributed by atoms with E-state index >= 15 is 0 Å². The van der Waals surface area contributed by atoms with Gasteiger partial charge in [0.2, 0.25) is 5.95 Å². The van der Waals surface area contributed by atoms with Crippen LogP contribution in [-0.2, 0) is 10.0 Å². The number of sulfonamides is 1. The van der Waals surface area contributed by atoms with Crippen LogP contribution in [0, 0.1) is 0 Å². The number of ether oxygens (including phenoxy) is 1. The van der Waals surface area contributed by atoms with Crippen LogP contribution in [0.2, 0.25) is 10.0 Å². The quantitative estimate of drug-likeness (QED) is 0.225. The van der Waals surface area contributed by atoms with Gasteiger partial charge in [0.25, 0.3) is 10.0 Å². The molecule has 3 N–H and O–H groups in total. The van der Waals surface area contributed by atoms with Crippen molar-refractivity contribution in [1.82, 2.24) is 9.97 Å². The fraction of sp³-hybridized carbons (Fsp3) is 0.0385. The number of benzene rings is 3. The third-order valence-corrected chi connectivity index (χ3v) is 7.15. The summed E-state index contributed by atoms with van der Waals surface area (Å²) in [5.41, 5.74) is 2.26. The lowest BCUT2D eigenvalue weighted by Crippen LogP contribution is -2.19. The van der Waals surface area contributed by atoms with Crippen molar-refractivity contribution in [1.29, 1.82) is 0 Å². The molecule has 9 nitrogen and oxygen atoms in total. The topological polar surface area (TPSA) is 122 Å². The Labute approximate surface area is 229 Å². The number of rotatable bonds is 8. The largest absolute Gasteiger partial charge is 0.497 e. The summed E-state index contributed by atoms with van der Waals surface area (Å²) in [6.45, 7) is 0. The van der Waals surface area contributed by atoms with E-state index in [2.05, 4.69) is 25.3 Å². The molecular formula is C26H21Cl2N5O4S. The second-order valence-corrected chi connectivity index (χ2v) is 10.2. The van der Waals surface area contributed by atoms with E-state index in [-0.39, 0.29) is 10.8 Å². The minimum absolute atomic E-state index is 0.0317. The number of halogens is 2. The second-order valence-electron chi connectivity index (χ2n) is 7.75. The van der Waals surface area contributed by atoms with E-state index < -0.39 is 16.1 Å². The maximum Gasteiger partial charge on any atom is 0.323 e. The van der Waals surface area contributed by atoms with E-state index in [1.165, 1.54) is 36.5 Å². The maximum absolute atomic E-state index is 12.8. The number of carbonyl (C=O) groups is 1. The normalized spacial score (nSPS) is 11.2. The SMILES string of the molecule is COc1ccc(/C=C/c2ccnc(NS(=O)(=O)c3ccc(NC(=O)Nc4ccc(Cl)c(Cl)c4)cc3)n2)cc1. The Kier molecular flexibility index (Phi) is 8.47. The number of nitrogens with one attached hydrogen (secondary N) is 3. The van der Waals surface area contributed by atoms with E-state index in [1.54, 1.807) is 31.4 Å². The van der Waals surface area contributed by atoms with Crippen LogP contribution >= 0.6 is 23.2 Å². The van der Waals surface area contributed by atoms with Crippen molar-refractivity contribution in [3.63, 3.8) is 0 Å². The predicted molar refractivity (Wildman–Crippen MR) is 150 cm³/mol. The molecule has 0 atom stereocenters. The highest BCUT2D eigenvalue weighted by Gasteiger charge is 2.16. The molecule has 1 aromatic heterocycles. The highest BCUT2D eigenvalue weighted by Crippen LogP contribution is 2.25. The molecule has 0 saturated heterocycles. The number of hydrogen-bond acceptors (Lipinski definition) is 6. The number of nitrogens with zero attached hydrogens (tertiary/aromatic N) is 2. The van der Waals surface area contributed by atoms with Gasteiger partial charge in [0, 0.05) is 17.6 Å². The number of methoxy groups -OCH3 is 1. The number of anilines is 3. The second kappa shape index (κ2) is 12.0. The van der Waals surface area contributed by atoms with Crippen LogP contribution < -0.4 is 20.1 Å². The molecule has 194 valence electrons. The maximum atomic E-state index is 12.8. The van der Waals surface area contributed by atoms with Gasteiger partial charge in [-0.2, -0.15) is 0 Å². The van der Waals surface area contributed by atoms with Gasteiger partial charge in [-0.3, -0.25) is 0 Å². The standard InChI is InChI=1S/C26H21Cl2N5O4S/c1-37-21-9-3-17(4-10-21)2-5-19-14-15-29-25(30-19)33-38(35,36)22-11-6-18(7-12-22)31-26(34)32-20-8-13-23(27)24(28)16-20/h2-16H,1H3,(H,29,30,33)(H2,31,32,34)/b5-2+. The zero-order chi connectivity index (χ0) is 27.1. The monoisotopic (exact) mass is 569 g/mol. The van der Waals surface area contributed by atoms with E-state index in [4.69, 9.17) is 27.9 Å².